The van der Waals surface area contributed by atoms with Gasteiger partial charge < -0.3 is 20.7 Å². The van der Waals surface area contributed by atoms with E-state index in [9.17, 15) is 9.59 Å². The number of piperidine rings is 1. The predicted molar refractivity (Wildman–Crippen MR) is 132 cm³/mol. The van der Waals surface area contributed by atoms with Crippen LogP contribution in [-0.4, -0.2) is 59.9 Å². The Labute approximate surface area is 200 Å². The van der Waals surface area contributed by atoms with E-state index < -0.39 is 0 Å². The fourth-order valence-electron chi connectivity index (χ4n) is 3.42. The molecule has 2 amide bonds. The summed E-state index contributed by atoms with van der Waals surface area (Å²) in [5, 5.41) is 7.87. The van der Waals surface area contributed by atoms with E-state index in [1.807, 2.05) is 29.2 Å². The van der Waals surface area contributed by atoms with E-state index >= 15 is 0 Å². The number of hydrogen-bond acceptors (Lipinski definition) is 7. The molecular formula is C24H35N7O3. The lowest BCUT2D eigenvalue weighted by molar-refractivity contribution is -0.129. The summed E-state index contributed by atoms with van der Waals surface area (Å²) in [5.41, 5.74) is 8.30. The zero-order valence-corrected chi connectivity index (χ0v) is 20.4. The Morgan fingerprint density at radius 1 is 1.21 bits per heavy atom. The fraction of sp³-hybridized carbons (Fsp3) is 0.417. The second-order valence-corrected chi connectivity index (χ2v) is 8.04. The predicted octanol–water partition coefficient (Wildman–Crippen LogP) is 1.77. The molecule has 184 valence electrons. The molecule has 1 aliphatic heterocycles. The summed E-state index contributed by atoms with van der Waals surface area (Å²) in [6.07, 6.45) is 3.68. The number of aromatic nitrogens is 1. The summed E-state index contributed by atoms with van der Waals surface area (Å²) in [5.74, 6) is 6.33. The van der Waals surface area contributed by atoms with Crippen LogP contribution in [0.15, 0.2) is 41.5 Å². The third kappa shape index (κ3) is 8.70. The number of amidine groups is 1. The van der Waals surface area contributed by atoms with Crippen LogP contribution in [0, 0.1) is 6.92 Å². The molecule has 2 heterocycles. The number of rotatable bonds is 6. The number of hydrazine groups is 1. The highest BCUT2D eigenvalue weighted by molar-refractivity contribution is 6.00. The molecule has 1 aromatic carbocycles. The first-order chi connectivity index (χ1) is 16.2. The highest BCUT2D eigenvalue weighted by Crippen LogP contribution is 2.13. The van der Waals surface area contributed by atoms with Gasteiger partial charge in [0.15, 0.2) is 5.84 Å². The standard InChI is InChI=1S/C17H22N6O2.C7H13NO/c1-11-7-13(16(18)22-23(2)19)9-15(21-11)17(24)20-10-12-5-4-6-14(8-12)25-3;1-7(9)8-5-3-2-4-6-8/h4-9H,10,19H2,1-3H3,(H2,18,22)(H,20,24);2-6H2,1H3. The van der Waals surface area contributed by atoms with Gasteiger partial charge in [0.25, 0.3) is 5.91 Å². The van der Waals surface area contributed by atoms with Crippen LogP contribution in [0.1, 0.15) is 53.5 Å². The molecule has 1 aromatic heterocycles. The van der Waals surface area contributed by atoms with Gasteiger partial charge in [-0.1, -0.05) is 12.1 Å². The van der Waals surface area contributed by atoms with Crippen molar-refractivity contribution >= 4 is 17.6 Å². The summed E-state index contributed by atoms with van der Waals surface area (Å²) in [6, 6.07) is 10.8. The van der Waals surface area contributed by atoms with E-state index in [4.69, 9.17) is 16.3 Å². The smallest absolute Gasteiger partial charge is 0.270 e. The van der Waals surface area contributed by atoms with Crippen LogP contribution in [0.5, 0.6) is 5.75 Å². The normalized spacial score (nSPS) is 13.4. The van der Waals surface area contributed by atoms with Crippen molar-refractivity contribution in [2.45, 2.75) is 39.7 Å². The van der Waals surface area contributed by atoms with Gasteiger partial charge >= 0.3 is 0 Å². The molecule has 10 heteroatoms. The van der Waals surface area contributed by atoms with Crippen molar-refractivity contribution < 1.29 is 14.3 Å². The zero-order valence-electron chi connectivity index (χ0n) is 20.4. The number of amides is 2. The van der Waals surface area contributed by atoms with Crippen molar-refractivity contribution in [3.8, 4) is 5.75 Å². The van der Waals surface area contributed by atoms with Gasteiger partial charge in [-0.05, 0) is 56.0 Å². The van der Waals surface area contributed by atoms with Gasteiger partial charge in [-0.25, -0.2) is 15.9 Å². The lowest BCUT2D eigenvalue weighted by Gasteiger charge is -2.24. The maximum atomic E-state index is 12.4. The molecule has 3 rings (SSSR count). The van der Waals surface area contributed by atoms with Crippen LogP contribution in [0.3, 0.4) is 0 Å². The molecule has 0 radical (unpaired) electrons. The summed E-state index contributed by atoms with van der Waals surface area (Å²) in [6.45, 7) is 5.74. The number of ether oxygens (including phenoxy) is 1. The number of benzene rings is 1. The highest BCUT2D eigenvalue weighted by Gasteiger charge is 2.12. The maximum Gasteiger partial charge on any atom is 0.270 e. The van der Waals surface area contributed by atoms with Crippen LogP contribution >= 0.6 is 0 Å². The van der Waals surface area contributed by atoms with Gasteiger partial charge in [-0.3, -0.25) is 9.59 Å². The van der Waals surface area contributed by atoms with Crippen molar-refractivity contribution in [1.82, 2.24) is 20.3 Å². The Hall–Kier alpha value is -3.66. The first kappa shape index (κ1) is 26.6. The van der Waals surface area contributed by atoms with Crippen molar-refractivity contribution in [3.05, 3.63) is 58.9 Å². The number of nitrogens with one attached hydrogen (secondary N) is 1. The number of hydrogen-bond donors (Lipinski definition) is 3. The van der Waals surface area contributed by atoms with Crippen LogP contribution in [-0.2, 0) is 11.3 Å². The van der Waals surface area contributed by atoms with Crippen LogP contribution in [0.4, 0.5) is 0 Å². The van der Waals surface area contributed by atoms with E-state index in [1.54, 1.807) is 40.1 Å². The Bertz CT molecular complexity index is 1000. The fourth-order valence-corrected chi connectivity index (χ4v) is 3.42. The second-order valence-electron chi connectivity index (χ2n) is 8.04. The first-order valence-electron chi connectivity index (χ1n) is 11.2. The second kappa shape index (κ2) is 13.1. The van der Waals surface area contributed by atoms with Gasteiger partial charge in [0.05, 0.1) is 7.11 Å². The lowest BCUT2D eigenvalue weighted by Crippen LogP contribution is -2.33. The first-order valence-corrected chi connectivity index (χ1v) is 11.2. The SMILES string of the molecule is CC(=O)N1CCCCC1.COc1cccc(CNC(=O)c2cc(/C(N)=N/N(C)N)cc(C)n2)c1. The Morgan fingerprint density at radius 3 is 2.50 bits per heavy atom. The molecule has 0 saturated carbocycles. The summed E-state index contributed by atoms with van der Waals surface area (Å²) in [7, 11) is 3.16. The molecule has 10 nitrogen and oxygen atoms in total. The Kier molecular flexibility index (Phi) is 10.3. The quantitative estimate of drug-likeness (QED) is 0.254. The molecule has 0 bridgehead atoms. The number of methoxy groups -OCH3 is 1. The molecule has 1 aliphatic rings. The number of carbonyl (C=O) groups excluding carboxylic acids is 2. The number of hydrazone groups is 1. The number of nitrogens with zero attached hydrogens (tertiary/aromatic N) is 4. The van der Waals surface area contributed by atoms with Crippen LogP contribution in [0.2, 0.25) is 0 Å². The minimum Gasteiger partial charge on any atom is -0.497 e. The Balaban J connectivity index is 0.000000379. The van der Waals surface area contributed by atoms with E-state index in [-0.39, 0.29) is 23.3 Å². The maximum absolute atomic E-state index is 12.4. The number of pyridine rings is 1. The van der Waals surface area contributed by atoms with Crippen molar-refractivity contribution in [3.63, 3.8) is 0 Å². The van der Waals surface area contributed by atoms with E-state index in [0.29, 0.717) is 17.8 Å². The van der Waals surface area contributed by atoms with Gasteiger partial charge in [0, 0.05) is 44.9 Å². The molecule has 5 N–H and O–H groups in total. The van der Waals surface area contributed by atoms with Crippen molar-refractivity contribution in [1.29, 1.82) is 0 Å². The number of carbonyl (C=O) groups is 2. The third-order valence-corrected chi connectivity index (χ3v) is 5.14. The average molecular weight is 470 g/mol. The van der Waals surface area contributed by atoms with Gasteiger partial charge in [-0.15, -0.1) is 5.10 Å². The van der Waals surface area contributed by atoms with Crippen molar-refractivity contribution in [2.24, 2.45) is 16.7 Å². The molecule has 0 aliphatic carbocycles. The van der Waals surface area contributed by atoms with Crippen LogP contribution < -0.4 is 21.6 Å². The molecule has 0 atom stereocenters. The number of aryl methyl sites for hydroxylation is 1. The highest BCUT2D eigenvalue weighted by atomic mass is 16.5. The molecule has 0 unspecified atom stereocenters. The summed E-state index contributed by atoms with van der Waals surface area (Å²) >= 11 is 0. The molecule has 1 saturated heterocycles. The third-order valence-electron chi connectivity index (χ3n) is 5.14. The Morgan fingerprint density at radius 2 is 1.91 bits per heavy atom. The number of nitrogens with two attached hydrogens (primary N) is 2. The van der Waals surface area contributed by atoms with E-state index in [0.717, 1.165) is 29.5 Å². The molecule has 0 spiro atoms. The van der Waals surface area contributed by atoms with Crippen molar-refractivity contribution in [2.75, 3.05) is 27.2 Å². The minimum atomic E-state index is -0.304. The molecular weight excluding hydrogens is 434 g/mol. The average Bonchev–Trinajstić information content (AvgIpc) is 2.82. The summed E-state index contributed by atoms with van der Waals surface area (Å²) < 4.78 is 5.17. The van der Waals surface area contributed by atoms with Gasteiger partial charge in [-0.2, -0.15) is 0 Å². The largest absolute Gasteiger partial charge is 0.497 e. The van der Waals surface area contributed by atoms with Gasteiger partial charge in [0.2, 0.25) is 5.91 Å². The molecule has 1 fully saturated rings. The van der Waals surface area contributed by atoms with Gasteiger partial charge in [0.1, 0.15) is 11.4 Å². The molecule has 34 heavy (non-hydrogen) atoms. The monoisotopic (exact) mass is 469 g/mol. The number of likely N-dealkylation sites (tertiary alicyclic amines) is 1. The lowest BCUT2D eigenvalue weighted by atomic mass is 10.1. The van der Waals surface area contributed by atoms with E-state index in [2.05, 4.69) is 15.4 Å². The summed E-state index contributed by atoms with van der Waals surface area (Å²) in [4.78, 5) is 29.3. The van der Waals surface area contributed by atoms with E-state index in [1.165, 1.54) is 19.3 Å². The topological polar surface area (TPSA) is 139 Å². The minimum absolute atomic E-state index is 0.206. The van der Waals surface area contributed by atoms with Crippen LogP contribution in [0.25, 0.3) is 0 Å². The zero-order chi connectivity index (χ0) is 25.1. The molecule has 2 aromatic rings.